The first-order valence-corrected chi connectivity index (χ1v) is 8.11. The van der Waals surface area contributed by atoms with Crippen LogP contribution in [0.25, 0.3) is 0 Å². The van der Waals surface area contributed by atoms with Crippen LogP contribution in [0.5, 0.6) is 0 Å². The number of aryl methyl sites for hydroxylation is 1. The number of carbonyl (C=O) groups excluding carboxylic acids is 1. The SMILES string of the molecule is Cn1cnc2c1[C@H](COCC1CC1)CN(C(=O)c1ccoc1)C2. The lowest BCUT2D eigenvalue weighted by Gasteiger charge is -2.32. The Hall–Kier alpha value is -2.08. The van der Waals surface area contributed by atoms with Crippen LogP contribution in [0.1, 0.15) is 40.5 Å². The Kier molecular flexibility index (Phi) is 3.69. The number of hydrogen-bond acceptors (Lipinski definition) is 4. The topological polar surface area (TPSA) is 60.5 Å². The molecule has 0 unspecified atom stereocenters. The highest BCUT2D eigenvalue weighted by atomic mass is 16.5. The standard InChI is InChI=1S/C17H21N3O3/c1-19-11-18-15-7-20(17(21)13-4-5-22-9-13)6-14(16(15)19)10-23-8-12-2-3-12/h4-5,9,11-12,14H,2-3,6-8,10H2,1H3/t14-/m0/s1. The molecule has 1 atom stereocenters. The lowest BCUT2D eigenvalue weighted by Crippen LogP contribution is -2.40. The number of furan rings is 1. The third-order valence-electron chi connectivity index (χ3n) is 4.66. The quantitative estimate of drug-likeness (QED) is 0.848. The Bertz CT molecular complexity index is 688. The number of imidazole rings is 1. The molecule has 1 saturated carbocycles. The van der Waals surface area contributed by atoms with E-state index in [1.165, 1.54) is 31.1 Å². The molecule has 122 valence electrons. The van der Waals surface area contributed by atoms with Crippen LogP contribution in [0.3, 0.4) is 0 Å². The molecule has 23 heavy (non-hydrogen) atoms. The van der Waals surface area contributed by atoms with E-state index in [1.807, 2.05) is 18.3 Å². The van der Waals surface area contributed by atoms with Gasteiger partial charge in [-0.15, -0.1) is 0 Å². The fraction of sp³-hybridized carbons (Fsp3) is 0.529. The van der Waals surface area contributed by atoms with Crippen LogP contribution < -0.4 is 0 Å². The van der Waals surface area contributed by atoms with Gasteiger partial charge in [-0.25, -0.2) is 4.98 Å². The molecule has 0 aromatic carbocycles. The summed E-state index contributed by atoms with van der Waals surface area (Å²) in [5.41, 5.74) is 2.75. The highest BCUT2D eigenvalue weighted by molar-refractivity contribution is 5.94. The number of ether oxygens (including phenoxy) is 1. The second kappa shape index (κ2) is 5.85. The van der Waals surface area contributed by atoms with Gasteiger partial charge in [-0.05, 0) is 24.8 Å². The van der Waals surface area contributed by atoms with Gasteiger partial charge in [-0.1, -0.05) is 0 Å². The van der Waals surface area contributed by atoms with E-state index in [1.54, 1.807) is 6.07 Å². The number of hydrogen-bond donors (Lipinski definition) is 0. The van der Waals surface area contributed by atoms with Crippen molar-refractivity contribution in [3.63, 3.8) is 0 Å². The maximum atomic E-state index is 12.6. The molecule has 0 bridgehead atoms. The summed E-state index contributed by atoms with van der Waals surface area (Å²) in [4.78, 5) is 18.9. The Morgan fingerprint density at radius 3 is 3.04 bits per heavy atom. The highest BCUT2D eigenvalue weighted by Crippen LogP contribution is 2.31. The third kappa shape index (κ3) is 2.91. The van der Waals surface area contributed by atoms with Crippen molar-refractivity contribution in [2.24, 2.45) is 13.0 Å². The summed E-state index contributed by atoms with van der Waals surface area (Å²) < 4.78 is 13.0. The first kappa shape index (κ1) is 14.5. The molecule has 2 aromatic rings. The zero-order valence-electron chi connectivity index (χ0n) is 13.3. The predicted molar refractivity (Wildman–Crippen MR) is 82.9 cm³/mol. The second-order valence-electron chi connectivity index (χ2n) is 6.56. The molecule has 6 heteroatoms. The monoisotopic (exact) mass is 315 g/mol. The molecular weight excluding hydrogens is 294 g/mol. The molecule has 1 aliphatic carbocycles. The summed E-state index contributed by atoms with van der Waals surface area (Å²) in [5.74, 6) is 0.899. The van der Waals surface area contributed by atoms with Crippen LogP contribution in [-0.4, -0.2) is 40.1 Å². The Morgan fingerprint density at radius 1 is 1.43 bits per heavy atom. The molecule has 0 radical (unpaired) electrons. The smallest absolute Gasteiger partial charge is 0.257 e. The molecule has 2 aliphatic rings. The van der Waals surface area contributed by atoms with Crippen molar-refractivity contribution in [2.45, 2.75) is 25.3 Å². The minimum absolute atomic E-state index is 0.0118. The van der Waals surface area contributed by atoms with Gasteiger partial charge in [0.2, 0.25) is 0 Å². The summed E-state index contributed by atoms with van der Waals surface area (Å²) in [6, 6.07) is 1.70. The van der Waals surface area contributed by atoms with E-state index in [2.05, 4.69) is 9.55 Å². The Labute approximate surface area is 135 Å². The average Bonchev–Trinajstić information content (AvgIpc) is 3.07. The molecule has 2 aromatic heterocycles. The van der Waals surface area contributed by atoms with Crippen molar-refractivity contribution in [1.29, 1.82) is 0 Å². The van der Waals surface area contributed by atoms with E-state index in [0.717, 1.165) is 18.2 Å². The van der Waals surface area contributed by atoms with Gasteiger partial charge in [0.25, 0.3) is 5.91 Å². The van der Waals surface area contributed by atoms with Gasteiger partial charge in [-0.3, -0.25) is 4.79 Å². The van der Waals surface area contributed by atoms with Crippen molar-refractivity contribution in [1.82, 2.24) is 14.5 Å². The van der Waals surface area contributed by atoms with Crippen molar-refractivity contribution in [3.8, 4) is 0 Å². The Morgan fingerprint density at radius 2 is 2.30 bits per heavy atom. The first-order valence-electron chi connectivity index (χ1n) is 8.11. The van der Waals surface area contributed by atoms with Crippen molar-refractivity contribution >= 4 is 5.91 Å². The van der Waals surface area contributed by atoms with E-state index in [9.17, 15) is 4.79 Å². The lowest BCUT2D eigenvalue weighted by atomic mass is 9.98. The zero-order valence-corrected chi connectivity index (χ0v) is 13.3. The third-order valence-corrected chi connectivity index (χ3v) is 4.66. The summed E-state index contributed by atoms with van der Waals surface area (Å²) in [6.45, 7) is 2.66. The van der Waals surface area contributed by atoms with E-state index in [4.69, 9.17) is 9.15 Å². The molecule has 3 heterocycles. The maximum absolute atomic E-state index is 12.6. The number of amides is 1. The Balaban J connectivity index is 1.51. The molecule has 0 N–H and O–H groups in total. The van der Waals surface area contributed by atoms with Crippen LogP contribution in [0, 0.1) is 5.92 Å². The van der Waals surface area contributed by atoms with Gasteiger partial charge in [0.05, 0.1) is 37.0 Å². The van der Waals surface area contributed by atoms with Crippen LogP contribution in [-0.2, 0) is 18.3 Å². The van der Waals surface area contributed by atoms with Crippen molar-refractivity contribution in [3.05, 3.63) is 41.9 Å². The summed E-state index contributed by atoms with van der Waals surface area (Å²) in [6.07, 6.45) is 7.41. The minimum atomic E-state index is -0.0118. The fourth-order valence-corrected chi connectivity index (χ4v) is 3.25. The summed E-state index contributed by atoms with van der Waals surface area (Å²) >= 11 is 0. The summed E-state index contributed by atoms with van der Waals surface area (Å²) in [5, 5.41) is 0. The van der Waals surface area contributed by atoms with Crippen LogP contribution in [0.4, 0.5) is 0 Å². The van der Waals surface area contributed by atoms with Crippen LogP contribution in [0.2, 0.25) is 0 Å². The molecule has 1 aliphatic heterocycles. The predicted octanol–water partition coefficient (Wildman–Crippen LogP) is 2.18. The minimum Gasteiger partial charge on any atom is -0.472 e. The number of aromatic nitrogens is 2. The first-order chi connectivity index (χ1) is 11.2. The van der Waals surface area contributed by atoms with Gasteiger partial charge in [0.1, 0.15) is 6.26 Å². The van der Waals surface area contributed by atoms with E-state index >= 15 is 0 Å². The molecule has 0 saturated heterocycles. The number of carbonyl (C=O) groups is 1. The van der Waals surface area contributed by atoms with E-state index in [0.29, 0.717) is 25.3 Å². The molecule has 0 spiro atoms. The van der Waals surface area contributed by atoms with Crippen molar-refractivity contribution < 1.29 is 13.9 Å². The van der Waals surface area contributed by atoms with E-state index < -0.39 is 0 Å². The molecule has 4 rings (SSSR count). The van der Waals surface area contributed by atoms with Crippen molar-refractivity contribution in [2.75, 3.05) is 19.8 Å². The van der Waals surface area contributed by atoms with E-state index in [-0.39, 0.29) is 11.8 Å². The normalized spacial score (nSPS) is 20.6. The second-order valence-corrected chi connectivity index (χ2v) is 6.56. The van der Waals surface area contributed by atoms with Crippen LogP contribution in [0.15, 0.2) is 29.3 Å². The molecule has 6 nitrogen and oxygen atoms in total. The van der Waals surface area contributed by atoms with Crippen LogP contribution >= 0.6 is 0 Å². The van der Waals surface area contributed by atoms with Gasteiger partial charge in [-0.2, -0.15) is 0 Å². The van der Waals surface area contributed by atoms with Gasteiger partial charge >= 0.3 is 0 Å². The number of fused-ring (bicyclic) bond motifs is 1. The average molecular weight is 315 g/mol. The number of nitrogens with zero attached hydrogens (tertiary/aromatic N) is 3. The molecular formula is C17H21N3O3. The summed E-state index contributed by atoms with van der Waals surface area (Å²) in [7, 11) is 2.01. The zero-order chi connectivity index (χ0) is 15.8. The number of rotatable bonds is 5. The largest absolute Gasteiger partial charge is 0.472 e. The molecule has 1 amide bonds. The van der Waals surface area contributed by atoms with Gasteiger partial charge in [0, 0.05) is 31.8 Å². The van der Waals surface area contributed by atoms with Gasteiger partial charge < -0.3 is 18.6 Å². The maximum Gasteiger partial charge on any atom is 0.257 e. The lowest BCUT2D eigenvalue weighted by molar-refractivity contribution is 0.0618. The van der Waals surface area contributed by atoms with Gasteiger partial charge in [0.15, 0.2) is 0 Å². The fourth-order valence-electron chi connectivity index (χ4n) is 3.25. The highest BCUT2D eigenvalue weighted by Gasteiger charge is 2.32. The molecule has 1 fully saturated rings.